The number of rotatable bonds is 7. The van der Waals surface area contributed by atoms with Crippen molar-refractivity contribution >= 4 is 27.5 Å². The second kappa shape index (κ2) is 9.40. The quantitative estimate of drug-likeness (QED) is 0.521. The number of methoxy groups -OCH3 is 2. The van der Waals surface area contributed by atoms with Crippen LogP contribution in [0.4, 0.5) is 0 Å². The Morgan fingerprint density at radius 1 is 1.19 bits per heavy atom. The van der Waals surface area contributed by atoms with E-state index in [0.717, 1.165) is 10.2 Å². The molecule has 31 heavy (non-hydrogen) atoms. The fourth-order valence-electron chi connectivity index (χ4n) is 3.31. The summed E-state index contributed by atoms with van der Waals surface area (Å²) in [6, 6.07) is 11.0. The van der Waals surface area contributed by atoms with Crippen molar-refractivity contribution in [2.75, 3.05) is 34.0 Å². The summed E-state index contributed by atoms with van der Waals surface area (Å²) in [5.74, 6) is 1.99. The molecule has 0 N–H and O–H groups in total. The third-order valence-electron chi connectivity index (χ3n) is 4.84. The summed E-state index contributed by atoms with van der Waals surface area (Å²) in [7, 11) is 3.18. The Morgan fingerprint density at radius 2 is 1.94 bits per heavy atom. The Hall–Kier alpha value is -3.04. The SMILES string of the molecule is CCOCCn1c(=NC(=O)[C@@H]2COc3ccccc3O2)sc2cc(OC)c(OC)cc21. The molecule has 3 aromatic rings. The minimum Gasteiger partial charge on any atom is -0.493 e. The number of para-hydroxylation sites is 2. The number of hydrogen-bond acceptors (Lipinski definition) is 7. The average Bonchev–Trinajstić information content (AvgIpc) is 3.13. The standard InChI is InChI=1S/C22H24N2O6S/c1-4-28-10-9-24-14-11-17(26-2)18(27-3)12-20(14)31-22(24)23-21(25)19-13-29-15-7-5-6-8-16(15)30-19/h5-8,11-12,19H,4,9-10,13H2,1-3H3/t19-/m0/s1. The van der Waals surface area contributed by atoms with E-state index >= 15 is 0 Å². The summed E-state index contributed by atoms with van der Waals surface area (Å²) in [4.78, 5) is 17.9. The predicted octanol–water partition coefficient (Wildman–Crippen LogP) is 3.02. The normalized spacial score (nSPS) is 15.8. The molecule has 1 aliphatic heterocycles. The molecule has 9 heteroatoms. The first-order valence-corrected chi connectivity index (χ1v) is 10.8. The average molecular weight is 445 g/mol. The number of carbonyl (C=O) groups excluding carboxylic acids is 1. The van der Waals surface area contributed by atoms with E-state index in [2.05, 4.69) is 4.99 Å². The molecular weight excluding hydrogens is 420 g/mol. The van der Waals surface area contributed by atoms with Gasteiger partial charge in [0.1, 0.15) is 6.61 Å². The minimum absolute atomic E-state index is 0.116. The highest BCUT2D eigenvalue weighted by molar-refractivity contribution is 7.16. The molecule has 2 heterocycles. The number of thiazole rings is 1. The fourth-order valence-corrected chi connectivity index (χ4v) is 4.38. The number of nitrogens with zero attached hydrogens (tertiary/aromatic N) is 2. The summed E-state index contributed by atoms with van der Waals surface area (Å²) in [6.45, 7) is 3.70. The van der Waals surface area contributed by atoms with Crippen LogP contribution in [0, 0.1) is 0 Å². The summed E-state index contributed by atoms with van der Waals surface area (Å²) in [5, 5.41) is 0. The van der Waals surface area contributed by atoms with Gasteiger partial charge in [-0.2, -0.15) is 4.99 Å². The van der Waals surface area contributed by atoms with Gasteiger partial charge in [0.15, 0.2) is 27.8 Å². The van der Waals surface area contributed by atoms with E-state index < -0.39 is 12.0 Å². The number of ether oxygens (including phenoxy) is 5. The molecule has 1 aliphatic rings. The zero-order valence-corrected chi connectivity index (χ0v) is 18.4. The van der Waals surface area contributed by atoms with Crippen molar-refractivity contribution in [3.63, 3.8) is 0 Å². The molecule has 1 amide bonds. The molecule has 4 rings (SSSR count). The van der Waals surface area contributed by atoms with Crippen LogP contribution in [0.5, 0.6) is 23.0 Å². The van der Waals surface area contributed by atoms with Gasteiger partial charge in [0.2, 0.25) is 6.10 Å². The fraction of sp³-hybridized carbons (Fsp3) is 0.364. The molecule has 0 saturated heterocycles. The van der Waals surface area contributed by atoms with Crippen LogP contribution in [-0.4, -0.2) is 50.6 Å². The Balaban J connectivity index is 1.71. The Labute approximate surface area is 183 Å². The summed E-state index contributed by atoms with van der Waals surface area (Å²) in [5.41, 5.74) is 0.889. The van der Waals surface area contributed by atoms with Crippen LogP contribution in [0.3, 0.4) is 0 Å². The first-order chi connectivity index (χ1) is 15.1. The summed E-state index contributed by atoms with van der Waals surface area (Å²) >= 11 is 1.40. The summed E-state index contributed by atoms with van der Waals surface area (Å²) in [6.07, 6.45) is -0.801. The van der Waals surface area contributed by atoms with E-state index in [-0.39, 0.29) is 6.61 Å². The van der Waals surface area contributed by atoms with E-state index in [4.69, 9.17) is 23.7 Å². The largest absolute Gasteiger partial charge is 0.493 e. The molecule has 164 valence electrons. The zero-order valence-electron chi connectivity index (χ0n) is 17.6. The molecule has 8 nitrogen and oxygen atoms in total. The molecule has 0 bridgehead atoms. The molecule has 1 atom stereocenters. The number of carbonyl (C=O) groups is 1. The topological polar surface area (TPSA) is 80.5 Å². The molecule has 0 aliphatic carbocycles. The van der Waals surface area contributed by atoms with E-state index in [0.29, 0.717) is 47.6 Å². The molecule has 0 spiro atoms. The highest BCUT2D eigenvalue weighted by Crippen LogP contribution is 2.34. The van der Waals surface area contributed by atoms with Crippen molar-refractivity contribution in [3.05, 3.63) is 41.2 Å². The lowest BCUT2D eigenvalue weighted by molar-refractivity contribution is -0.127. The van der Waals surface area contributed by atoms with Crippen LogP contribution in [0.1, 0.15) is 6.92 Å². The van der Waals surface area contributed by atoms with Crippen LogP contribution in [0.2, 0.25) is 0 Å². The van der Waals surface area contributed by atoms with Gasteiger partial charge >= 0.3 is 0 Å². The molecule has 0 unspecified atom stereocenters. The van der Waals surface area contributed by atoms with Gasteiger partial charge < -0.3 is 28.3 Å². The number of benzene rings is 2. The predicted molar refractivity (Wildman–Crippen MR) is 116 cm³/mol. The van der Waals surface area contributed by atoms with Crippen LogP contribution < -0.4 is 23.7 Å². The van der Waals surface area contributed by atoms with Gasteiger partial charge in [-0.3, -0.25) is 4.79 Å². The third kappa shape index (κ3) is 4.38. The van der Waals surface area contributed by atoms with Gasteiger partial charge in [-0.05, 0) is 19.1 Å². The van der Waals surface area contributed by atoms with Crippen LogP contribution in [-0.2, 0) is 16.1 Å². The maximum Gasteiger partial charge on any atom is 0.292 e. The lowest BCUT2D eigenvalue weighted by Gasteiger charge is -2.23. The first kappa shape index (κ1) is 21.2. The van der Waals surface area contributed by atoms with Gasteiger partial charge in [-0.1, -0.05) is 23.5 Å². The van der Waals surface area contributed by atoms with Crippen molar-refractivity contribution < 1.29 is 28.5 Å². The van der Waals surface area contributed by atoms with Crippen LogP contribution in [0.25, 0.3) is 10.2 Å². The van der Waals surface area contributed by atoms with Crippen molar-refractivity contribution in [3.8, 4) is 23.0 Å². The van der Waals surface area contributed by atoms with Crippen molar-refractivity contribution in [1.29, 1.82) is 0 Å². The minimum atomic E-state index is -0.801. The van der Waals surface area contributed by atoms with Crippen molar-refractivity contribution in [2.45, 2.75) is 19.6 Å². The highest BCUT2D eigenvalue weighted by Gasteiger charge is 2.27. The molecule has 1 aromatic heterocycles. The number of aromatic nitrogens is 1. The van der Waals surface area contributed by atoms with Gasteiger partial charge in [0.25, 0.3) is 5.91 Å². The second-order valence-corrected chi connectivity index (χ2v) is 7.73. The number of amides is 1. The molecule has 0 fully saturated rings. The number of fused-ring (bicyclic) bond motifs is 2. The lowest BCUT2D eigenvalue weighted by Crippen LogP contribution is -2.37. The smallest absolute Gasteiger partial charge is 0.292 e. The highest BCUT2D eigenvalue weighted by atomic mass is 32.1. The van der Waals surface area contributed by atoms with E-state index in [9.17, 15) is 4.79 Å². The maximum absolute atomic E-state index is 12.9. The van der Waals surface area contributed by atoms with Crippen molar-refractivity contribution in [2.24, 2.45) is 4.99 Å². The Bertz CT molecular complexity index is 1150. The first-order valence-electron chi connectivity index (χ1n) is 9.94. The van der Waals surface area contributed by atoms with E-state index in [1.165, 1.54) is 11.3 Å². The van der Waals surface area contributed by atoms with Crippen LogP contribution >= 0.6 is 11.3 Å². The lowest BCUT2D eigenvalue weighted by atomic mass is 10.2. The molecule has 0 saturated carbocycles. The Morgan fingerprint density at radius 3 is 2.68 bits per heavy atom. The van der Waals surface area contributed by atoms with Crippen LogP contribution in [0.15, 0.2) is 41.4 Å². The zero-order chi connectivity index (χ0) is 21.8. The molecule has 0 radical (unpaired) electrons. The maximum atomic E-state index is 12.9. The summed E-state index contributed by atoms with van der Waals surface area (Å²) < 4.78 is 30.7. The van der Waals surface area contributed by atoms with Gasteiger partial charge in [-0.25, -0.2) is 0 Å². The third-order valence-corrected chi connectivity index (χ3v) is 5.88. The molecule has 2 aromatic carbocycles. The van der Waals surface area contributed by atoms with Gasteiger partial charge in [0, 0.05) is 25.3 Å². The second-order valence-electron chi connectivity index (χ2n) is 6.72. The van der Waals surface area contributed by atoms with E-state index in [1.54, 1.807) is 20.3 Å². The number of hydrogen-bond donors (Lipinski definition) is 0. The van der Waals surface area contributed by atoms with E-state index in [1.807, 2.05) is 41.8 Å². The monoisotopic (exact) mass is 444 g/mol. The van der Waals surface area contributed by atoms with Crippen molar-refractivity contribution in [1.82, 2.24) is 4.57 Å². The Kier molecular flexibility index (Phi) is 6.43. The molecular formula is C22H24N2O6S. The van der Waals surface area contributed by atoms with Gasteiger partial charge in [-0.15, -0.1) is 0 Å². The van der Waals surface area contributed by atoms with Gasteiger partial charge in [0.05, 0.1) is 31.0 Å².